The third kappa shape index (κ3) is 4.12. The summed E-state index contributed by atoms with van der Waals surface area (Å²) in [5, 5.41) is 13.8. The Morgan fingerprint density at radius 1 is 0.879 bits per heavy atom. The molecule has 3 aromatic carbocycles. The number of benzene rings is 3. The van der Waals surface area contributed by atoms with Crippen molar-refractivity contribution in [2.24, 2.45) is 0 Å². The van der Waals surface area contributed by atoms with Crippen molar-refractivity contribution in [2.75, 3.05) is 0 Å². The Balaban J connectivity index is 1.54. The number of imidazole rings is 1. The first-order valence-electron chi connectivity index (χ1n) is 10.3. The van der Waals surface area contributed by atoms with Crippen LogP contribution in [0, 0.1) is 6.92 Å². The lowest BCUT2D eigenvalue weighted by molar-refractivity contribution is 0.464. The van der Waals surface area contributed by atoms with Gasteiger partial charge in [0.2, 0.25) is 5.75 Å². The number of nitrogens with zero attached hydrogens (tertiary/aromatic N) is 4. The molecule has 7 nitrogen and oxygen atoms in total. The smallest absolute Gasteiger partial charge is 0.316 e. The van der Waals surface area contributed by atoms with Crippen LogP contribution in [0.15, 0.2) is 103 Å². The maximum atomic E-state index is 13.4. The van der Waals surface area contributed by atoms with Crippen LogP contribution < -0.4 is 10.3 Å². The SMILES string of the molecule is Cc1ccc(-n2ncc(-n3ccnc3)c(Oc3ccc(-c4ccc(O)cc4)cc3)c2=O)cc1. The van der Waals surface area contributed by atoms with E-state index in [0.717, 1.165) is 16.7 Å². The summed E-state index contributed by atoms with van der Waals surface area (Å²) in [7, 11) is 0. The van der Waals surface area contributed by atoms with E-state index in [9.17, 15) is 9.90 Å². The van der Waals surface area contributed by atoms with Crippen LogP contribution in [-0.4, -0.2) is 24.4 Å². The number of aromatic hydroxyl groups is 1. The third-order valence-corrected chi connectivity index (χ3v) is 5.25. The summed E-state index contributed by atoms with van der Waals surface area (Å²) in [5.41, 5.74) is 3.77. The molecule has 0 spiro atoms. The van der Waals surface area contributed by atoms with Crippen molar-refractivity contribution in [3.8, 4) is 39.8 Å². The van der Waals surface area contributed by atoms with E-state index in [4.69, 9.17) is 4.74 Å². The number of aromatic nitrogens is 4. The standard InChI is InChI=1S/C26H20N4O3/c1-18-2-8-21(9-3-18)30-26(32)25(24(16-28-30)29-15-14-27-17-29)33-23-12-6-20(7-13-23)19-4-10-22(31)11-5-19/h2-17,31H,1H3. The van der Waals surface area contributed by atoms with Crippen molar-refractivity contribution in [3.05, 3.63) is 114 Å². The minimum Gasteiger partial charge on any atom is -0.508 e. The molecule has 0 aliphatic carbocycles. The van der Waals surface area contributed by atoms with Crippen LogP contribution in [0.5, 0.6) is 17.2 Å². The number of aryl methyl sites for hydroxylation is 1. The van der Waals surface area contributed by atoms with E-state index in [-0.39, 0.29) is 17.1 Å². The molecule has 33 heavy (non-hydrogen) atoms. The molecule has 0 bridgehead atoms. The average Bonchev–Trinajstić information content (AvgIpc) is 3.37. The molecule has 5 rings (SSSR count). The Morgan fingerprint density at radius 2 is 1.55 bits per heavy atom. The Hall–Kier alpha value is -4.65. The first-order chi connectivity index (χ1) is 16.1. The summed E-state index contributed by atoms with van der Waals surface area (Å²) >= 11 is 0. The Kier molecular flexibility index (Phi) is 5.20. The Morgan fingerprint density at radius 3 is 2.18 bits per heavy atom. The van der Waals surface area contributed by atoms with E-state index < -0.39 is 0 Å². The van der Waals surface area contributed by atoms with E-state index in [0.29, 0.717) is 17.1 Å². The quantitative estimate of drug-likeness (QED) is 0.424. The van der Waals surface area contributed by atoms with Crippen molar-refractivity contribution >= 4 is 0 Å². The third-order valence-electron chi connectivity index (χ3n) is 5.25. The molecule has 5 aromatic rings. The molecule has 0 saturated heterocycles. The van der Waals surface area contributed by atoms with E-state index in [2.05, 4.69) is 10.1 Å². The molecular weight excluding hydrogens is 416 g/mol. The molecule has 7 heteroatoms. The van der Waals surface area contributed by atoms with Crippen LogP contribution in [0.4, 0.5) is 0 Å². The normalized spacial score (nSPS) is 10.8. The second kappa shape index (κ2) is 8.47. The molecule has 0 aliphatic heterocycles. The van der Waals surface area contributed by atoms with Crippen LogP contribution in [0.1, 0.15) is 5.56 Å². The highest BCUT2D eigenvalue weighted by atomic mass is 16.5. The molecule has 2 heterocycles. The molecular formula is C26H20N4O3. The molecule has 0 unspecified atom stereocenters. The monoisotopic (exact) mass is 436 g/mol. The molecule has 162 valence electrons. The van der Waals surface area contributed by atoms with Gasteiger partial charge in [-0.2, -0.15) is 9.78 Å². The zero-order valence-electron chi connectivity index (χ0n) is 17.8. The van der Waals surface area contributed by atoms with Gasteiger partial charge in [-0.1, -0.05) is 42.0 Å². The van der Waals surface area contributed by atoms with Gasteiger partial charge in [-0.3, -0.25) is 4.79 Å². The summed E-state index contributed by atoms with van der Waals surface area (Å²) < 4.78 is 9.11. The van der Waals surface area contributed by atoms with Gasteiger partial charge >= 0.3 is 5.56 Å². The minimum absolute atomic E-state index is 0.140. The fourth-order valence-corrected chi connectivity index (χ4v) is 3.47. The Bertz CT molecular complexity index is 1440. The highest BCUT2D eigenvalue weighted by Gasteiger charge is 2.17. The van der Waals surface area contributed by atoms with Crippen molar-refractivity contribution in [1.29, 1.82) is 0 Å². The topological polar surface area (TPSA) is 82.2 Å². The van der Waals surface area contributed by atoms with Crippen molar-refractivity contribution in [3.63, 3.8) is 0 Å². The Labute approximate surface area is 189 Å². The van der Waals surface area contributed by atoms with Crippen molar-refractivity contribution in [1.82, 2.24) is 19.3 Å². The van der Waals surface area contributed by atoms with Crippen molar-refractivity contribution in [2.45, 2.75) is 6.92 Å². The largest absolute Gasteiger partial charge is 0.508 e. The fraction of sp³-hybridized carbons (Fsp3) is 0.0385. The van der Waals surface area contributed by atoms with E-state index in [1.807, 2.05) is 55.5 Å². The molecule has 0 fully saturated rings. The molecule has 0 saturated carbocycles. The summed E-state index contributed by atoms with van der Waals surface area (Å²) in [6.45, 7) is 1.98. The molecule has 0 radical (unpaired) electrons. The second-order valence-electron chi connectivity index (χ2n) is 7.55. The second-order valence-corrected chi connectivity index (χ2v) is 7.55. The number of rotatable bonds is 5. The van der Waals surface area contributed by atoms with E-state index in [1.54, 1.807) is 53.8 Å². The molecule has 1 N–H and O–H groups in total. The van der Waals surface area contributed by atoms with E-state index in [1.165, 1.54) is 4.68 Å². The van der Waals surface area contributed by atoms with Crippen LogP contribution >= 0.6 is 0 Å². The van der Waals surface area contributed by atoms with Gasteiger partial charge < -0.3 is 14.4 Å². The summed E-state index contributed by atoms with van der Waals surface area (Å²) in [6.07, 6.45) is 6.53. The zero-order valence-corrected chi connectivity index (χ0v) is 17.8. The van der Waals surface area contributed by atoms with Gasteiger partial charge in [0.1, 0.15) is 17.2 Å². The first-order valence-corrected chi connectivity index (χ1v) is 10.3. The first kappa shape index (κ1) is 20.3. The molecule has 0 atom stereocenters. The minimum atomic E-state index is -0.382. The fourth-order valence-electron chi connectivity index (χ4n) is 3.47. The van der Waals surface area contributed by atoms with Gasteiger partial charge in [-0.15, -0.1) is 0 Å². The zero-order chi connectivity index (χ0) is 22.8. The van der Waals surface area contributed by atoms with Crippen molar-refractivity contribution < 1.29 is 9.84 Å². The van der Waals surface area contributed by atoms with Gasteiger partial charge in [0.15, 0.2) is 0 Å². The molecule has 0 aliphatic rings. The lowest BCUT2D eigenvalue weighted by Gasteiger charge is -2.14. The van der Waals surface area contributed by atoms with E-state index >= 15 is 0 Å². The number of hydrogen-bond acceptors (Lipinski definition) is 5. The predicted octanol–water partition coefficient (Wildman–Crippen LogP) is 4.89. The van der Waals surface area contributed by atoms with Gasteiger partial charge in [0, 0.05) is 12.4 Å². The lowest BCUT2D eigenvalue weighted by atomic mass is 10.1. The van der Waals surface area contributed by atoms with Crippen LogP contribution in [0.3, 0.4) is 0 Å². The average molecular weight is 436 g/mol. The van der Waals surface area contributed by atoms with Gasteiger partial charge in [-0.05, 0) is 54.4 Å². The van der Waals surface area contributed by atoms with Gasteiger partial charge in [0.25, 0.3) is 0 Å². The summed E-state index contributed by atoms with van der Waals surface area (Å²) in [6, 6.07) is 21.9. The van der Waals surface area contributed by atoms with Crippen LogP contribution in [0.2, 0.25) is 0 Å². The van der Waals surface area contributed by atoms with Gasteiger partial charge in [-0.25, -0.2) is 4.98 Å². The number of phenolic OH excluding ortho intramolecular Hbond substituents is 1. The highest BCUT2D eigenvalue weighted by Crippen LogP contribution is 2.28. The highest BCUT2D eigenvalue weighted by molar-refractivity contribution is 5.65. The van der Waals surface area contributed by atoms with Gasteiger partial charge in [0.05, 0.1) is 18.2 Å². The molecule has 2 aromatic heterocycles. The number of phenols is 1. The predicted molar refractivity (Wildman–Crippen MR) is 125 cm³/mol. The number of ether oxygens (including phenoxy) is 1. The van der Waals surface area contributed by atoms with Crippen LogP contribution in [-0.2, 0) is 0 Å². The summed E-state index contributed by atoms with van der Waals surface area (Å²) in [5.74, 6) is 0.867. The lowest BCUT2D eigenvalue weighted by Crippen LogP contribution is -2.23. The number of hydrogen-bond donors (Lipinski definition) is 1. The van der Waals surface area contributed by atoms with Crippen LogP contribution in [0.25, 0.3) is 22.5 Å². The maximum absolute atomic E-state index is 13.4. The summed E-state index contributed by atoms with van der Waals surface area (Å²) in [4.78, 5) is 17.5. The maximum Gasteiger partial charge on any atom is 0.316 e. The molecule has 0 amide bonds.